The van der Waals surface area contributed by atoms with Crippen LogP contribution in [0.5, 0.6) is 5.75 Å². The number of nitrogens with zero attached hydrogens (tertiary/aromatic N) is 4. The summed E-state index contributed by atoms with van der Waals surface area (Å²) in [5, 5.41) is 12.6. The molecule has 3 aromatic carbocycles. The van der Waals surface area contributed by atoms with E-state index in [0.717, 1.165) is 48.1 Å². The number of primary amides is 1. The molecule has 0 radical (unpaired) electrons. The van der Waals surface area contributed by atoms with E-state index in [2.05, 4.69) is 27.6 Å². The molecule has 4 N–H and O–H groups in total. The van der Waals surface area contributed by atoms with Crippen molar-refractivity contribution in [1.29, 1.82) is 0 Å². The summed E-state index contributed by atoms with van der Waals surface area (Å²) < 4.78 is 7.45. The molecule has 230 valence electrons. The van der Waals surface area contributed by atoms with E-state index < -0.39 is 5.91 Å². The molecule has 3 heterocycles. The number of aryl methyl sites for hydroxylation is 1. The number of aromatic nitrogens is 3. The molecule has 2 aromatic heterocycles. The average molecular weight is 624 g/mol. The monoisotopic (exact) mass is 623 g/mol. The number of nitrogens with two attached hydrogens (primary N) is 1. The second kappa shape index (κ2) is 12.6. The Hall–Kier alpha value is -4.93. The molecule has 0 saturated carbocycles. The van der Waals surface area contributed by atoms with Gasteiger partial charge in [0.15, 0.2) is 0 Å². The van der Waals surface area contributed by atoms with Crippen LogP contribution in [0.25, 0.3) is 27.7 Å². The predicted octanol–water partition coefficient (Wildman–Crippen LogP) is 5.72. The van der Waals surface area contributed by atoms with E-state index in [9.17, 15) is 9.59 Å². The SMILES string of the molecule is COc1cc(C(=O)NC2CCN(C)CC2)ccc1Nc1cc2c(cn1)c(C)nn2-c1cc(Cl)cc(-c2ccccc2C(N)=O)c1. The van der Waals surface area contributed by atoms with Crippen LogP contribution in [-0.4, -0.2) is 64.8 Å². The van der Waals surface area contributed by atoms with E-state index in [1.54, 1.807) is 48.3 Å². The number of anilines is 2. The van der Waals surface area contributed by atoms with Gasteiger partial charge in [-0.3, -0.25) is 9.59 Å². The van der Waals surface area contributed by atoms with E-state index >= 15 is 0 Å². The molecule has 45 heavy (non-hydrogen) atoms. The van der Waals surface area contributed by atoms with Gasteiger partial charge in [-0.1, -0.05) is 29.8 Å². The first-order valence-electron chi connectivity index (χ1n) is 14.7. The van der Waals surface area contributed by atoms with E-state index in [4.69, 9.17) is 27.2 Å². The number of benzene rings is 3. The number of hydrogen-bond acceptors (Lipinski definition) is 7. The van der Waals surface area contributed by atoms with Crippen molar-refractivity contribution >= 4 is 45.8 Å². The number of nitrogens with one attached hydrogen (secondary N) is 2. The Morgan fingerprint density at radius 1 is 1.04 bits per heavy atom. The van der Waals surface area contributed by atoms with Gasteiger partial charge in [-0.15, -0.1) is 0 Å². The third-order valence-electron chi connectivity index (χ3n) is 8.16. The molecule has 1 saturated heterocycles. The summed E-state index contributed by atoms with van der Waals surface area (Å²) in [6.45, 7) is 3.85. The molecule has 0 aliphatic carbocycles. The topological polar surface area (TPSA) is 127 Å². The van der Waals surface area contributed by atoms with Gasteiger partial charge in [-0.25, -0.2) is 9.67 Å². The van der Waals surface area contributed by atoms with Crippen LogP contribution >= 0.6 is 11.6 Å². The van der Waals surface area contributed by atoms with Crippen LogP contribution < -0.4 is 21.1 Å². The number of amides is 2. The molecule has 0 bridgehead atoms. The number of hydrogen-bond donors (Lipinski definition) is 3. The third kappa shape index (κ3) is 6.33. The van der Waals surface area contributed by atoms with Crippen molar-refractivity contribution in [2.24, 2.45) is 5.73 Å². The summed E-state index contributed by atoms with van der Waals surface area (Å²) in [6, 6.07) is 20.1. The van der Waals surface area contributed by atoms with E-state index in [0.29, 0.717) is 44.7 Å². The lowest BCUT2D eigenvalue weighted by Gasteiger charge is -2.29. The van der Waals surface area contributed by atoms with Crippen LogP contribution in [-0.2, 0) is 0 Å². The van der Waals surface area contributed by atoms with Crippen LogP contribution in [0.1, 0.15) is 39.3 Å². The van der Waals surface area contributed by atoms with Crippen molar-refractivity contribution in [2.45, 2.75) is 25.8 Å². The third-order valence-corrected chi connectivity index (χ3v) is 8.38. The molecule has 1 fully saturated rings. The normalized spacial score (nSPS) is 14.0. The van der Waals surface area contributed by atoms with Gasteiger partial charge in [-0.2, -0.15) is 5.10 Å². The number of methoxy groups -OCH3 is 1. The van der Waals surface area contributed by atoms with E-state index in [1.165, 1.54) is 0 Å². The minimum Gasteiger partial charge on any atom is -0.495 e. The van der Waals surface area contributed by atoms with Crippen molar-refractivity contribution < 1.29 is 14.3 Å². The maximum atomic E-state index is 13.0. The van der Waals surface area contributed by atoms with Gasteiger partial charge >= 0.3 is 0 Å². The summed E-state index contributed by atoms with van der Waals surface area (Å²) in [5.74, 6) is 0.445. The fourth-order valence-corrected chi connectivity index (χ4v) is 5.95. The number of halogens is 1. The number of likely N-dealkylation sites (tertiary alicyclic amines) is 1. The fraction of sp³-hybridized carbons (Fsp3) is 0.235. The first-order valence-corrected chi connectivity index (χ1v) is 15.1. The number of fused-ring (bicyclic) bond motifs is 1. The van der Waals surface area contributed by atoms with Gasteiger partial charge in [0.2, 0.25) is 5.91 Å². The predicted molar refractivity (Wildman–Crippen MR) is 177 cm³/mol. The Morgan fingerprint density at radius 2 is 1.82 bits per heavy atom. The first-order chi connectivity index (χ1) is 21.7. The summed E-state index contributed by atoms with van der Waals surface area (Å²) in [7, 11) is 3.67. The molecular formula is C34H34ClN7O3. The molecule has 5 aromatic rings. The highest BCUT2D eigenvalue weighted by atomic mass is 35.5. The van der Waals surface area contributed by atoms with Crippen molar-refractivity contribution in [1.82, 2.24) is 25.0 Å². The van der Waals surface area contributed by atoms with Gasteiger partial charge < -0.3 is 26.0 Å². The van der Waals surface area contributed by atoms with E-state index in [1.807, 2.05) is 43.3 Å². The molecule has 0 spiro atoms. The summed E-state index contributed by atoms with van der Waals surface area (Å²) in [4.78, 5) is 32.0. The summed E-state index contributed by atoms with van der Waals surface area (Å²) >= 11 is 6.58. The average Bonchev–Trinajstić information content (AvgIpc) is 3.37. The van der Waals surface area contributed by atoms with Crippen molar-refractivity contribution in [3.8, 4) is 22.6 Å². The molecule has 11 heteroatoms. The Bertz CT molecular complexity index is 1910. The van der Waals surface area contributed by atoms with Gasteiger partial charge in [0.1, 0.15) is 11.6 Å². The first kappa shape index (κ1) is 30.1. The van der Waals surface area contributed by atoms with Crippen LogP contribution in [0, 0.1) is 6.92 Å². The molecule has 10 nitrogen and oxygen atoms in total. The molecule has 1 aliphatic heterocycles. The molecule has 2 amide bonds. The smallest absolute Gasteiger partial charge is 0.251 e. The highest BCUT2D eigenvalue weighted by Gasteiger charge is 2.20. The molecular weight excluding hydrogens is 590 g/mol. The number of rotatable bonds is 8. The lowest BCUT2D eigenvalue weighted by Crippen LogP contribution is -2.43. The van der Waals surface area contributed by atoms with Gasteiger partial charge in [0.25, 0.3) is 5.91 Å². The quantitative estimate of drug-likeness (QED) is 0.202. The van der Waals surface area contributed by atoms with Crippen LogP contribution in [0.2, 0.25) is 5.02 Å². The van der Waals surface area contributed by atoms with Crippen molar-refractivity contribution in [3.05, 3.63) is 94.8 Å². The highest BCUT2D eigenvalue weighted by molar-refractivity contribution is 6.31. The van der Waals surface area contributed by atoms with Gasteiger partial charge in [0, 0.05) is 39.8 Å². The van der Waals surface area contributed by atoms with Gasteiger partial charge in [0.05, 0.1) is 29.7 Å². The zero-order valence-corrected chi connectivity index (χ0v) is 26.1. The number of carbonyl (C=O) groups excluding carboxylic acids is 2. The Morgan fingerprint density at radius 3 is 2.58 bits per heavy atom. The Balaban J connectivity index is 1.30. The number of pyridine rings is 1. The zero-order chi connectivity index (χ0) is 31.7. The van der Waals surface area contributed by atoms with Crippen LogP contribution in [0.4, 0.5) is 11.5 Å². The maximum absolute atomic E-state index is 13.0. The molecule has 0 atom stereocenters. The van der Waals surface area contributed by atoms with E-state index in [-0.39, 0.29) is 11.9 Å². The number of piperidine rings is 1. The van der Waals surface area contributed by atoms with Crippen LogP contribution in [0.15, 0.2) is 72.9 Å². The minimum atomic E-state index is -0.518. The number of ether oxygens (including phenoxy) is 1. The zero-order valence-electron chi connectivity index (χ0n) is 25.3. The highest BCUT2D eigenvalue weighted by Crippen LogP contribution is 2.33. The standard InChI is InChI=1S/C34H34ClN7O3/c1-20-28-19-37-32(39-29-9-8-21(16-31(29)45-3)34(44)38-24-10-12-41(2)13-11-24)18-30(28)42(40-20)25-15-22(14-23(35)17-25)26-6-4-5-7-27(26)33(36)43/h4-9,14-19,24H,10-13H2,1-3H3,(H2,36,43)(H,37,39)(H,38,44). The molecule has 6 rings (SSSR count). The summed E-state index contributed by atoms with van der Waals surface area (Å²) in [5.41, 5.74) is 11.0. The Kier molecular flexibility index (Phi) is 8.42. The van der Waals surface area contributed by atoms with Crippen molar-refractivity contribution in [3.63, 3.8) is 0 Å². The number of carbonyl (C=O) groups is 2. The lowest BCUT2D eigenvalue weighted by molar-refractivity contribution is 0.0915. The second-order valence-corrected chi connectivity index (χ2v) is 11.7. The van der Waals surface area contributed by atoms with Crippen LogP contribution in [0.3, 0.4) is 0 Å². The summed E-state index contributed by atoms with van der Waals surface area (Å²) in [6.07, 6.45) is 3.63. The minimum absolute atomic E-state index is 0.118. The largest absolute Gasteiger partial charge is 0.495 e. The van der Waals surface area contributed by atoms with Crippen molar-refractivity contribution in [2.75, 3.05) is 32.6 Å². The molecule has 1 aliphatic rings. The molecule has 0 unspecified atom stereocenters. The Labute approximate surface area is 266 Å². The maximum Gasteiger partial charge on any atom is 0.251 e. The fourth-order valence-electron chi connectivity index (χ4n) is 5.72. The van der Waals surface area contributed by atoms with Gasteiger partial charge in [-0.05, 0) is 93.5 Å². The second-order valence-electron chi connectivity index (χ2n) is 11.3. The lowest BCUT2D eigenvalue weighted by atomic mass is 9.99.